The molecule has 0 aromatic heterocycles. The van der Waals surface area contributed by atoms with Crippen LogP contribution < -0.4 is 5.73 Å². The van der Waals surface area contributed by atoms with Crippen LogP contribution in [0.25, 0.3) is 0 Å². The predicted octanol–water partition coefficient (Wildman–Crippen LogP) is 3.41. The molecule has 0 atom stereocenters. The number of benzene rings is 1. The average Bonchev–Trinajstić information content (AvgIpc) is 2.30. The molecule has 3 nitrogen and oxygen atoms in total. The summed E-state index contributed by atoms with van der Waals surface area (Å²) in [5.41, 5.74) is 5.66. The lowest BCUT2D eigenvalue weighted by Gasteiger charge is -2.04. The van der Waals surface area contributed by atoms with Crippen molar-refractivity contribution >= 4 is 40.7 Å². The van der Waals surface area contributed by atoms with E-state index in [0.29, 0.717) is 14.9 Å². The second-order valence-electron chi connectivity index (χ2n) is 3.46. The van der Waals surface area contributed by atoms with Gasteiger partial charge in [0.1, 0.15) is 11.6 Å². The highest BCUT2D eigenvalue weighted by atomic mass is 35.5. The van der Waals surface area contributed by atoms with Gasteiger partial charge in [-0.2, -0.15) is 5.26 Å². The van der Waals surface area contributed by atoms with Crippen molar-refractivity contribution in [2.24, 2.45) is 5.73 Å². The lowest BCUT2D eigenvalue weighted by molar-refractivity contribution is -0.112. The molecule has 2 N–H and O–H groups in total. The molecule has 1 rings (SSSR count). The molecule has 18 heavy (non-hydrogen) atoms. The van der Waals surface area contributed by atoms with Crippen molar-refractivity contribution in [2.45, 2.75) is 11.8 Å². The monoisotopic (exact) mass is 300 g/mol. The van der Waals surface area contributed by atoms with Crippen LogP contribution in [0, 0.1) is 11.3 Å². The number of thioether (sulfide) groups is 1. The van der Waals surface area contributed by atoms with Gasteiger partial charge < -0.3 is 5.73 Å². The van der Waals surface area contributed by atoms with Gasteiger partial charge in [-0.3, -0.25) is 4.79 Å². The quantitative estimate of drug-likeness (QED) is 0.526. The van der Waals surface area contributed by atoms with Gasteiger partial charge in [-0.1, -0.05) is 23.2 Å². The molecule has 1 aromatic carbocycles. The van der Waals surface area contributed by atoms with Crippen LogP contribution >= 0.6 is 35.0 Å². The minimum Gasteiger partial charge on any atom is -0.401 e. The molecule has 6 heteroatoms. The summed E-state index contributed by atoms with van der Waals surface area (Å²) >= 11 is 13.0. The Morgan fingerprint density at radius 2 is 2.17 bits per heavy atom. The molecule has 94 valence electrons. The van der Waals surface area contributed by atoms with E-state index in [1.54, 1.807) is 24.3 Å². The normalized spacial score (nSPS) is 11.7. The van der Waals surface area contributed by atoms with Crippen molar-refractivity contribution in [2.75, 3.05) is 5.75 Å². The summed E-state index contributed by atoms with van der Waals surface area (Å²) in [6.45, 7) is 1.52. The molecule has 0 aliphatic carbocycles. The number of nitrogens with zero attached hydrogens (tertiary/aromatic N) is 1. The van der Waals surface area contributed by atoms with E-state index < -0.39 is 0 Å². The van der Waals surface area contributed by atoms with Gasteiger partial charge in [-0.05, 0) is 25.1 Å². The van der Waals surface area contributed by atoms with E-state index in [-0.39, 0.29) is 22.8 Å². The van der Waals surface area contributed by atoms with Crippen LogP contribution in [0.4, 0.5) is 0 Å². The van der Waals surface area contributed by atoms with E-state index in [0.717, 1.165) is 0 Å². The van der Waals surface area contributed by atoms with Gasteiger partial charge in [0.2, 0.25) is 0 Å². The zero-order valence-corrected chi connectivity index (χ0v) is 11.9. The Labute approximate surface area is 120 Å². The van der Waals surface area contributed by atoms with Crippen molar-refractivity contribution in [1.82, 2.24) is 0 Å². The third-order valence-electron chi connectivity index (χ3n) is 2.04. The smallest absolute Gasteiger partial charge is 0.185 e. The Morgan fingerprint density at radius 3 is 2.72 bits per heavy atom. The zero-order valence-electron chi connectivity index (χ0n) is 9.54. The van der Waals surface area contributed by atoms with Crippen molar-refractivity contribution in [3.63, 3.8) is 0 Å². The van der Waals surface area contributed by atoms with Gasteiger partial charge in [0.25, 0.3) is 0 Å². The molecule has 0 saturated carbocycles. The number of rotatable bonds is 4. The number of carbonyl (C=O) groups is 1. The minimum atomic E-state index is -0.321. The van der Waals surface area contributed by atoms with E-state index >= 15 is 0 Å². The number of hydrogen-bond donors (Lipinski definition) is 1. The maximum atomic E-state index is 11.7. The Morgan fingerprint density at radius 1 is 1.50 bits per heavy atom. The summed E-state index contributed by atoms with van der Waals surface area (Å²) in [6.07, 6.45) is 0. The van der Waals surface area contributed by atoms with Gasteiger partial charge in [0.05, 0.1) is 10.8 Å². The molecule has 0 fully saturated rings. The van der Waals surface area contributed by atoms with Crippen LogP contribution in [0.15, 0.2) is 34.4 Å². The second-order valence-corrected chi connectivity index (χ2v) is 5.32. The van der Waals surface area contributed by atoms with E-state index in [1.807, 2.05) is 0 Å². The molecule has 0 aliphatic rings. The number of ketones is 1. The summed E-state index contributed by atoms with van der Waals surface area (Å²) < 4.78 is 0. The van der Waals surface area contributed by atoms with Crippen LogP contribution in [0.2, 0.25) is 10.0 Å². The lowest BCUT2D eigenvalue weighted by atomic mass is 10.2. The van der Waals surface area contributed by atoms with Gasteiger partial charge in [-0.15, -0.1) is 11.8 Å². The summed E-state index contributed by atoms with van der Waals surface area (Å²) in [6, 6.07) is 6.80. The summed E-state index contributed by atoms with van der Waals surface area (Å²) in [5, 5.41) is 9.86. The highest BCUT2D eigenvalue weighted by Gasteiger charge is 2.13. The molecule has 0 unspecified atom stereocenters. The molecular weight excluding hydrogens is 291 g/mol. The predicted molar refractivity (Wildman–Crippen MR) is 74.7 cm³/mol. The molecule has 0 heterocycles. The van der Waals surface area contributed by atoms with Crippen LogP contribution in [0.5, 0.6) is 0 Å². The maximum Gasteiger partial charge on any atom is 0.185 e. The van der Waals surface area contributed by atoms with Gasteiger partial charge in [0, 0.05) is 15.6 Å². The fourth-order valence-corrected chi connectivity index (χ4v) is 2.54. The first-order valence-electron chi connectivity index (χ1n) is 4.93. The number of carbonyl (C=O) groups excluding carboxylic acids is 1. The van der Waals surface area contributed by atoms with E-state index in [4.69, 9.17) is 34.2 Å². The third-order valence-corrected chi connectivity index (χ3v) is 3.77. The number of halogens is 2. The van der Waals surface area contributed by atoms with E-state index in [2.05, 4.69) is 0 Å². The molecule has 0 radical (unpaired) electrons. The molecule has 0 spiro atoms. The third kappa shape index (κ3) is 3.95. The van der Waals surface area contributed by atoms with Crippen LogP contribution in [-0.2, 0) is 4.79 Å². The SMILES string of the molecule is C/C(N)=C(/C#N)C(=O)CSc1cc(Cl)ccc1Cl. The Balaban J connectivity index is 2.78. The Kier molecular flexibility index (Phi) is 5.54. The van der Waals surface area contributed by atoms with Crippen molar-refractivity contribution in [3.05, 3.63) is 39.5 Å². The van der Waals surface area contributed by atoms with Crippen LogP contribution in [-0.4, -0.2) is 11.5 Å². The zero-order chi connectivity index (χ0) is 13.7. The number of hydrogen-bond acceptors (Lipinski definition) is 4. The number of allylic oxidation sites excluding steroid dienone is 2. The number of Topliss-reactive ketones (excluding diaryl/α,β-unsaturated/α-hetero) is 1. The fraction of sp³-hybridized carbons (Fsp3) is 0.167. The van der Waals surface area contributed by atoms with Gasteiger partial charge >= 0.3 is 0 Å². The van der Waals surface area contributed by atoms with Gasteiger partial charge in [0.15, 0.2) is 5.78 Å². The second kappa shape index (κ2) is 6.69. The van der Waals surface area contributed by atoms with Gasteiger partial charge in [-0.25, -0.2) is 0 Å². The maximum absolute atomic E-state index is 11.7. The highest BCUT2D eigenvalue weighted by molar-refractivity contribution is 8.00. The topological polar surface area (TPSA) is 66.9 Å². The summed E-state index contributed by atoms with van der Waals surface area (Å²) in [4.78, 5) is 12.4. The largest absolute Gasteiger partial charge is 0.401 e. The molecule has 0 saturated heterocycles. The molecule has 0 amide bonds. The lowest BCUT2D eigenvalue weighted by Crippen LogP contribution is -2.10. The Bertz CT molecular complexity index is 545. The fourth-order valence-electron chi connectivity index (χ4n) is 1.17. The van der Waals surface area contributed by atoms with E-state index in [1.165, 1.54) is 18.7 Å². The number of nitrogens with two attached hydrogens (primary N) is 1. The van der Waals surface area contributed by atoms with Crippen LogP contribution in [0.3, 0.4) is 0 Å². The molecule has 0 bridgehead atoms. The molecular formula is C12H10Cl2N2OS. The minimum absolute atomic E-state index is 0.0133. The summed E-state index contributed by atoms with van der Waals surface area (Å²) in [5.74, 6) is -0.226. The van der Waals surface area contributed by atoms with Crippen molar-refractivity contribution in [3.8, 4) is 6.07 Å². The summed E-state index contributed by atoms with van der Waals surface area (Å²) in [7, 11) is 0. The molecule has 0 aliphatic heterocycles. The van der Waals surface area contributed by atoms with Crippen molar-refractivity contribution in [1.29, 1.82) is 5.26 Å². The Hall–Kier alpha value is -1.15. The number of nitriles is 1. The highest BCUT2D eigenvalue weighted by Crippen LogP contribution is 2.30. The van der Waals surface area contributed by atoms with Crippen LogP contribution in [0.1, 0.15) is 6.92 Å². The first-order valence-corrected chi connectivity index (χ1v) is 6.67. The first kappa shape index (κ1) is 14.9. The van der Waals surface area contributed by atoms with Crippen molar-refractivity contribution < 1.29 is 4.79 Å². The van der Waals surface area contributed by atoms with E-state index in [9.17, 15) is 4.79 Å². The first-order chi connectivity index (χ1) is 8.45. The molecule has 1 aromatic rings. The average molecular weight is 301 g/mol. The standard InChI is InChI=1S/C12H10Cl2N2OS/c1-7(16)9(5-15)11(17)6-18-12-4-8(13)2-3-10(12)14/h2-4H,6,16H2,1H3/b9-7+.